The highest BCUT2D eigenvalue weighted by atomic mass is 31.2. The van der Waals surface area contributed by atoms with E-state index in [1.807, 2.05) is 21.1 Å². The van der Waals surface area contributed by atoms with E-state index in [1.54, 1.807) is 0 Å². The first-order valence-electron chi connectivity index (χ1n) is 22.9. The van der Waals surface area contributed by atoms with Crippen molar-refractivity contribution in [3.63, 3.8) is 0 Å². The number of quaternary nitrogens is 1. The van der Waals surface area contributed by atoms with Crippen molar-refractivity contribution in [3.8, 4) is 0 Å². The number of phosphoric ester groups is 1. The molecular formula is C44H86NO9P. The lowest BCUT2D eigenvalue weighted by Gasteiger charge is -2.28. The molecule has 0 spiro atoms. The van der Waals surface area contributed by atoms with Crippen LogP contribution in [-0.4, -0.2) is 82.2 Å². The van der Waals surface area contributed by atoms with Gasteiger partial charge in [-0.25, -0.2) is 0 Å². The molecule has 4 unspecified atom stereocenters. The predicted molar refractivity (Wildman–Crippen MR) is 222 cm³/mol. The summed E-state index contributed by atoms with van der Waals surface area (Å²) in [6.07, 6.45) is 34.2. The highest BCUT2D eigenvalue weighted by molar-refractivity contribution is 7.45. The van der Waals surface area contributed by atoms with Crippen molar-refractivity contribution in [2.45, 2.75) is 225 Å². The molecule has 0 aromatic heterocycles. The topological polar surface area (TPSA) is 124 Å². The third-order valence-corrected chi connectivity index (χ3v) is 11.5. The summed E-state index contributed by atoms with van der Waals surface area (Å²) in [7, 11) is 1.17. The first kappa shape index (κ1) is 52.0. The average molecular weight is 804 g/mol. The van der Waals surface area contributed by atoms with Gasteiger partial charge in [0.25, 0.3) is 7.82 Å². The Balaban J connectivity index is 2.24. The maximum Gasteiger partial charge on any atom is 0.306 e. The van der Waals surface area contributed by atoms with Gasteiger partial charge in [0.2, 0.25) is 0 Å². The summed E-state index contributed by atoms with van der Waals surface area (Å²) >= 11 is 0. The van der Waals surface area contributed by atoms with Gasteiger partial charge in [-0.15, -0.1) is 0 Å². The molecule has 1 saturated heterocycles. The first-order chi connectivity index (χ1) is 26.5. The molecule has 1 aliphatic rings. The summed E-state index contributed by atoms with van der Waals surface area (Å²) in [6, 6.07) is 0. The van der Waals surface area contributed by atoms with Gasteiger partial charge in [-0.2, -0.15) is 0 Å². The normalized spacial score (nSPS) is 17.2. The highest BCUT2D eigenvalue weighted by Gasteiger charge is 2.36. The second-order valence-electron chi connectivity index (χ2n) is 17.2. The summed E-state index contributed by atoms with van der Waals surface area (Å²) in [4.78, 5) is 37.6. The second-order valence-corrected chi connectivity index (χ2v) is 18.6. The molecule has 1 aliphatic heterocycles. The van der Waals surface area contributed by atoms with Crippen molar-refractivity contribution in [3.05, 3.63) is 0 Å². The number of nitrogens with zero attached hydrogens (tertiary/aromatic N) is 1. The number of unbranched alkanes of at least 4 members (excludes halogenated alkanes) is 23. The zero-order chi connectivity index (χ0) is 40.5. The first-order valence-corrected chi connectivity index (χ1v) is 24.3. The van der Waals surface area contributed by atoms with Crippen molar-refractivity contribution in [1.82, 2.24) is 0 Å². The minimum absolute atomic E-state index is 0.0302. The number of hydrogen-bond donors (Lipinski definition) is 0. The van der Waals surface area contributed by atoms with E-state index in [1.165, 1.54) is 135 Å². The van der Waals surface area contributed by atoms with E-state index in [4.69, 9.17) is 23.3 Å². The lowest BCUT2D eigenvalue weighted by Crippen LogP contribution is -2.37. The zero-order valence-electron chi connectivity index (χ0n) is 36.3. The monoisotopic (exact) mass is 804 g/mol. The van der Waals surface area contributed by atoms with Gasteiger partial charge in [-0.1, -0.05) is 168 Å². The number of likely N-dealkylation sites (N-methyl/N-ethyl adjacent to an activating group) is 1. The zero-order valence-corrected chi connectivity index (χ0v) is 37.2. The van der Waals surface area contributed by atoms with Crippen molar-refractivity contribution < 1.29 is 46.8 Å². The Morgan fingerprint density at radius 3 is 1.44 bits per heavy atom. The van der Waals surface area contributed by atoms with E-state index in [-0.39, 0.29) is 32.0 Å². The number of ether oxygens (including phenoxy) is 3. The number of epoxide rings is 1. The van der Waals surface area contributed by atoms with Crippen molar-refractivity contribution in [2.75, 3.05) is 47.5 Å². The summed E-state index contributed by atoms with van der Waals surface area (Å²) in [6.45, 7) is 4.22. The fourth-order valence-electron chi connectivity index (χ4n) is 6.86. The average Bonchev–Trinajstić information content (AvgIpc) is 3.89. The molecule has 0 N–H and O–H groups in total. The molecule has 4 atom stereocenters. The Kier molecular flexibility index (Phi) is 32.0. The molecule has 0 amide bonds. The van der Waals surface area contributed by atoms with Crippen LogP contribution in [-0.2, 0) is 37.4 Å². The minimum Gasteiger partial charge on any atom is -0.756 e. The molecule has 0 aromatic rings. The van der Waals surface area contributed by atoms with E-state index in [9.17, 15) is 19.0 Å². The van der Waals surface area contributed by atoms with Gasteiger partial charge in [0.1, 0.15) is 19.8 Å². The molecule has 1 rings (SSSR count). The van der Waals surface area contributed by atoms with Crippen molar-refractivity contribution in [2.24, 2.45) is 0 Å². The van der Waals surface area contributed by atoms with Crippen LogP contribution in [0.3, 0.4) is 0 Å². The van der Waals surface area contributed by atoms with E-state index < -0.39 is 26.5 Å². The Bertz CT molecular complexity index is 975. The van der Waals surface area contributed by atoms with Crippen molar-refractivity contribution in [1.29, 1.82) is 0 Å². The Morgan fingerprint density at radius 1 is 0.582 bits per heavy atom. The number of carbonyl (C=O) groups excluding carboxylic acids is 2. The van der Waals surface area contributed by atoms with Crippen LogP contribution in [0.2, 0.25) is 0 Å². The van der Waals surface area contributed by atoms with Gasteiger partial charge in [0.15, 0.2) is 6.10 Å². The van der Waals surface area contributed by atoms with Crippen LogP contribution < -0.4 is 4.89 Å². The van der Waals surface area contributed by atoms with Crippen LogP contribution in [0, 0.1) is 0 Å². The van der Waals surface area contributed by atoms with Gasteiger partial charge in [0, 0.05) is 12.8 Å². The largest absolute Gasteiger partial charge is 0.756 e. The fourth-order valence-corrected chi connectivity index (χ4v) is 7.58. The van der Waals surface area contributed by atoms with Gasteiger partial charge >= 0.3 is 11.9 Å². The number of esters is 2. The van der Waals surface area contributed by atoms with Gasteiger partial charge in [-0.3, -0.25) is 14.2 Å². The molecule has 10 nitrogen and oxygen atoms in total. The van der Waals surface area contributed by atoms with Crippen LogP contribution in [0.5, 0.6) is 0 Å². The maximum absolute atomic E-state index is 12.7. The van der Waals surface area contributed by atoms with Crippen LogP contribution in [0.4, 0.5) is 0 Å². The third-order valence-electron chi connectivity index (χ3n) is 10.5. The van der Waals surface area contributed by atoms with Crippen molar-refractivity contribution >= 4 is 19.8 Å². The molecule has 0 aromatic carbocycles. The highest BCUT2D eigenvalue weighted by Crippen LogP contribution is 2.38. The van der Waals surface area contributed by atoms with Gasteiger partial charge in [0.05, 0.1) is 40.0 Å². The molecule has 55 heavy (non-hydrogen) atoms. The van der Waals surface area contributed by atoms with Crippen LogP contribution in [0.25, 0.3) is 0 Å². The van der Waals surface area contributed by atoms with Gasteiger partial charge < -0.3 is 32.6 Å². The summed E-state index contributed by atoms with van der Waals surface area (Å²) in [5.41, 5.74) is 0. The summed E-state index contributed by atoms with van der Waals surface area (Å²) < 4.78 is 39.8. The Hall–Kier alpha value is -1.03. The Labute approximate surface area is 338 Å². The summed E-state index contributed by atoms with van der Waals surface area (Å²) in [5, 5.41) is 0. The van der Waals surface area contributed by atoms with E-state index in [0.29, 0.717) is 29.7 Å². The minimum atomic E-state index is -4.62. The lowest BCUT2D eigenvalue weighted by molar-refractivity contribution is -0.870. The fraction of sp³-hybridized carbons (Fsp3) is 0.955. The predicted octanol–water partition coefficient (Wildman–Crippen LogP) is 11.2. The maximum atomic E-state index is 12.7. The summed E-state index contributed by atoms with van der Waals surface area (Å²) in [5.74, 6) is -0.834. The molecule has 0 radical (unpaired) electrons. The molecule has 326 valence electrons. The van der Waals surface area contributed by atoms with Crippen LogP contribution in [0.15, 0.2) is 0 Å². The molecule has 0 saturated carbocycles. The lowest BCUT2D eigenvalue weighted by atomic mass is 10.0. The Morgan fingerprint density at radius 2 is 0.982 bits per heavy atom. The molecule has 1 fully saturated rings. The number of hydrogen-bond acceptors (Lipinski definition) is 9. The quantitative estimate of drug-likeness (QED) is 0.0195. The molecule has 0 aliphatic carbocycles. The van der Waals surface area contributed by atoms with E-state index >= 15 is 0 Å². The number of rotatable bonds is 41. The smallest absolute Gasteiger partial charge is 0.306 e. The number of carbonyl (C=O) groups is 2. The number of phosphoric acid groups is 1. The molecular weight excluding hydrogens is 717 g/mol. The SMILES string of the molecule is CCCCCCCCCCCCCCCCCC(=O)OCC(COP(=O)([O-])OCC[N+](C)(C)C)OC(=O)CCCCCCCCCC1OC1CCCCCC. The standard InChI is InChI=1S/C44H86NO9P/c1-6-8-10-12-13-14-15-16-17-18-19-20-23-26-30-34-43(46)50-38-40(39-52-55(48,49)51-37-36-45(3,4)5)53-44(47)35-31-27-24-21-22-25-29-33-42-41(54-42)32-28-11-9-7-2/h40-42H,6-39H2,1-5H3. The third kappa shape index (κ3) is 34.7. The molecule has 1 heterocycles. The van der Waals surface area contributed by atoms with Crippen LogP contribution in [0.1, 0.15) is 206 Å². The van der Waals surface area contributed by atoms with E-state index in [2.05, 4.69) is 13.8 Å². The molecule has 11 heteroatoms. The van der Waals surface area contributed by atoms with Gasteiger partial charge in [-0.05, 0) is 25.7 Å². The second kappa shape index (κ2) is 33.9. The van der Waals surface area contributed by atoms with Crippen LogP contribution >= 0.6 is 7.82 Å². The molecule has 0 bridgehead atoms. The van der Waals surface area contributed by atoms with E-state index in [0.717, 1.165) is 38.5 Å².